The minimum absolute atomic E-state index is 0.0991. The number of halogens is 1. The Bertz CT molecular complexity index is 464. The molecule has 0 bridgehead atoms. The van der Waals surface area contributed by atoms with Crippen LogP contribution >= 0.6 is 0 Å². The molecule has 0 aromatic heterocycles. The second kappa shape index (κ2) is 8.57. The predicted octanol–water partition coefficient (Wildman–Crippen LogP) is 2.83. The lowest BCUT2D eigenvalue weighted by Gasteiger charge is -2.26. The maximum atomic E-state index is 12.7. The van der Waals surface area contributed by atoms with Gasteiger partial charge in [-0.05, 0) is 62.7 Å². The van der Waals surface area contributed by atoms with Gasteiger partial charge in [0.2, 0.25) is 5.91 Å². The number of rotatable bonds is 6. The van der Waals surface area contributed by atoms with Crippen LogP contribution in [-0.2, 0) is 4.79 Å². The lowest BCUT2D eigenvalue weighted by molar-refractivity contribution is -0.116. The van der Waals surface area contributed by atoms with Crippen LogP contribution < -0.4 is 5.32 Å². The number of hydrogen-bond acceptors (Lipinski definition) is 2. The van der Waals surface area contributed by atoms with Crippen molar-refractivity contribution in [3.63, 3.8) is 0 Å². The standard InChI is InChI=1S/C17H23FN2O/c18-16-8-5-15(6-9-16)7-10-17(21)19-11-4-14-20-12-2-1-3-13-20/h5-10H,1-4,11-14H2,(H,19,21)/b10-7+. The van der Waals surface area contributed by atoms with Gasteiger partial charge in [0.25, 0.3) is 0 Å². The number of carbonyl (C=O) groups is 1. The molecule has 0 radical (unpaired) electrons. The smallest absolute Gasteiger partial charge is 0.243 e. The zero-order valence-electron chi connectivity index (χ0n) is 12.4. The molecule has 4 heteroatoms. The fourth-order valence-corrected chi connectivity index (χ4v) is 2.50. The van der Waals surface area contributed by atoms with Crippen LogP contribution in [0.25, 0.3) is 6.08 Å². The van der Waals surface area contributed by atoms with E-state index >= 15 is 0 Å². The van der Waals surface area contributed by atoms with Crippen molar-refractivity contribution in [1.82, 2.24) is 10.2 Å². The van der Waals surface area contributed by atoms with Crippen molar-refractivity contribution in [1.29, 1.82) is 0 Å². The summed E-state index contributed by atoms with van der Waals surface area (Å²) in [7, 11) is 0. The number of carbonyl (C=O) groups excluding carboxylic acids is 1. The van der Waals surface area contributed by atoms with E-state index in [4.69, 9.17) is 0 Å². The van der Waals surface area contributed by atoms with Gasteiger partial charge in [0.05, 0.1) is 0 Å². The van der Waals surface area contributed by atoms with Crippen molar-refractivity contribution < 1.29 is 9.18 Å². The predicted molar refractivity (Wildman–Crippen MR) is 83.4 cm³/mol. The van der Waals surface area contributed by atoms with Crippen molar-refractivity contribution in [2.75, 3.05) is 26.2 Å². The summed E-state index contributed by atoms with van der Waals surface area (Å²) in [6.45, 7) is 4.14. The van der Waals surface area contributed by atoms with Crippen LogP contribution in [0.4, 0.5) is 4.39 Å². The van der Waals surface area contributed by atoms with E-state index in [9.17, 15) is 9.18 Å². The molecule has 1 aromatic rings. The Morgan fingerprint density at radius 2 is 1.90 bits per heavy atom. The SMILES string of the molecule is O=C(/C=C/c1ccc(F)cc1)NCCCN1CCCCC1. The molecule has 3 nitrogen and oxygen atoms in total. The van der Waals surface area contributed by atoms with Gasteiger partial charge in [-0.25, -0.2) is 4.39 Å². The van der Waals surface area contributed by atoms with Crippen molar-refractivity contribution in [3.8, 4) is 0 Å². The Labute approximate surface area is 125 Å². The molecular formula is C17H23FN2O. The van der Waals surface area contributed by atoms with E-state index in [-0.39, 0.29) is 11.7 Å². The first-order valence-corrected chi connectivity index (χ1v) is 7.68. The van der Waals surface area contributed by atoms with Gasteiger partial charge in [-0.1, -0.05) is 18.6 Å². The fraction of sp³-hybridized carbons (Fsp3) is 0.471. The molecule has 0 atom stereocenters. The number of piperidine rings is 1. The monoisotopic (exact) mass is 290 g/mol. The number of nitrogens with one attached hydrogen (secondary N) is 1. The largest absolute Gasteiger partial charge is 0.353 e. The number of likely N-dealkylation sites (tertiary alicyclic amines) is 1. The molecule has 1 fully saturated rings. The van der Waals surface area contributed by atoms with Crippen molar-refractivity contribution >= 4 is 12.0 Å². The third-order valence-electron chi connectivity index (χ3n) is 3.70. The molecule has 0 aliphatic carbocycles. The molecule has 1 amide bonds. The highest BCUT2D eigenvalue weighted by molar-refractivity contribution is 5.91. The zero-order chi connectivity index (χ0) is 14.9. The van der Waals surface area contributed by atoms with Gasteiger partial charge < -0.3 is 10.2 Å². The Morgan fingerprint density at radius 3 is 2.62 bits per heavy atom. The van der Waals surface area contributed by atoms with Crippen molar-refractivity contribution in [2.45, 2.75) is 25.7 Å². The second-order valence-corrected chi connectivity index (χ2v) is 5.43. The number of benzene rings is 1. The Hall–Kier alpha value is -1.68. The highest BCUT2D eigenvalue weighted by atomic mass is 19.1. The molecule has 1 aliphatic heterocycles. The third kappa shape index (κ3) is 6.08. The van der Waals surface area contributed by atoms with E-state index in [1.54, 1.807) is 18.2 Å². The average Bonchev–Trinajstić information content (AvgIpc) is 2.52. The van der Waals surface area contributed by atoms with Crippen LogP contribution in [0.3, 0.4) is 0 Å². The summed E-state index contributed by atoms with van der Waals surface area (Å²) >= 11 is 0. The van der Waals surface area contributed by atoms with Crippen LogP contribution in [0.5, 0.6) is 0 Å². The van der Waals surface area contributed by atoms with Gasteiger partial charge in [0, 0.05) is 12.6 Å². The van der Waals surface area contributed by atoms with Gasteiger partial charge in [0.15, 0.2) is 0 Å². The quantitative estimate of drug-likeness (QED) is 0.645. The van der Waals surface area contributed by atoms with Crippen molar-refractivity contribution in [2.24, 2.45) is 0 Å². The van der Waals surface area contributed by atoms with Gasteiger partial charge in [0.1, 0.15) is 5.82 Å². The van der Waals surface area contributed by atoms with E-state index in [0.717, 1.165) is 18.5 Å². The molecule has 1 aliphatic rings. The molecule has 0 spiro atoms. The summed E-state index contributed by atoms with van der Waals surface area (Å²) in [6.07, 6.45) is 8.12. The Kier molecular flexibility index (Phi) is 6.41. The van der Waals surface area contributed by atoms with E-state index in [1.807, 2.05) is 0 Å². The minimum Gasteiger partial charge on any atom is -0.353 e. The summed E-state index contributed by atoms with van der Waals surface area (Å²) < 4.78 is 12.7. The van der Waals surface area contributed by atoms with Crippen LogP contribution in [0.1, 0.15) is 31.2 Å². The molecule has 2 rings (SSSR count). The van der Waals surface area contributed by atoms with Crippen LogP contribution in [0.15, 0.2) is 30.3 Å². The average molecular weight is 290 g/mol. The highest BCUT2D eigenvalue weighted by Gasteiger charge is 2.08. The summed E-state index contributed by atoms with van der Waals surface area (Å²) in [5.74, 6) is -0.368. The molecule has 1 heterocycles. The summed E-state index contributed by atoms with van der Waals surface area (Å²) in [6, 6.07) is 6.07. The number of nitrogens with zero attached hydrogens (tertiary/aromatic N) is 1. The normalized spacial score (nSPS) is 16.2. The molecule has 0 saturated carbocycles. The van der Waals surface area contributed by atoms with Crippen LogP contribution in [-0.4, -0.2) is 37.0 Å². The summed E-state index contributed by atoms with van der Waals surface area (Å²) in [5.41, 5.74) is 0.819. The lowest BCUT2D eigenvalue weighted by atomic mass is 10.1. The first-order chi connectivity index (χ1) is 10.2. The Balaban J connectivity index is 1.61. The highest BCUT2D eigenvalue weighted by Crippen LogP contribution is 2.08. The lowest BCUT2D eigenvalue weighted by Crippen LogP contribution is -2.33. The zero-order valence-corrected chi connectivity index (χ0v) is 12.4. The van der Waals surface area contributed by atoms with E-state index in [1.165, 1.54) is 50.6 Å². The molecule has 21 heavy (non-hydrogen) atoms. The van der Waals surface area contributed by atoms with Gasteiger partial charge in [-0.2, -0.15) is 0 Å². The molecular weight excluding hydrogens is 267 g/mol. The summed E-state index contributed by atoms with van der Waals surface area (Å²) in [4.78, 5) is 14.1. The number of amides is 1. The number of hydrogen-bond donors (Lipinski definition) is 1. The molecule has 1 N–H and O–H groups in total. The van der Waals surface area contributed by atoms with Gasteiger partial charge in [-0.15, -0.1) is 0 Å². The fourth-order valence-electron chi connectivity index (χ4n) is 2.50. The maximum absolute atomic E-state index is 12.7. The van der Waals surface area contributed by atoms with Crippen LogP contribution in [0.2, 0.25) is 0 Å². The third-order valence-corrected chi connectivity index (χ3v) is 3.70. The minimum atomic E-state index is -0.269. The van der Waals surface area contributed by atoms with E-state index in [0.29, 0.717) is 6.54 Å². The van der Waals surface area contributed by atoms with Crippen LogP contribution in [0, 0.1) is 5.82 Å². The molecule has 1 aromatic carbocycles. The Morgan fingerprint density at radius 1 is 1.19 bits per heavy atom. The molecule has 114 valence electrons. The molecule has 1 saturated heterocycles. The van der Waals surface area contributed by atoms with E-state index < -0.39 is 0 Å². The van der Waals surface area contributed by atoms with Gasteiger partial charge in [-0.3, -0.25) is 4.79 Å². The maximum Gasteiger partial charge on any atom is 0.243 e. The van der Waals surface area contributed by atoms with Crippen molar-refractivity contribution in [3.05, 3.63) is 41.7 Å². The first kappa shape index (κ1) is 15.7. The van der Waals surface area contributed by atoms with Gasteiger partial charge >= 0.3 is 0 Å². The first-order valence-electron chi connectivity index (χ1n) is 7.68. The second-order valence-electron chi connectivity index (χ2n) is 5.43. The molecule has 0 unspecified atom stereocenters. The topological polar surface area (TPSA) is 32.3 Å². The summed E-state index contributed by atoms with van der Waals surface area (Å²) in [5, 5.41) is 2.88. The van der Waals surface area contributed by atoms with E-state index in [2.05, 4.69) is 10.2 Å².